The van der Waals surface area contributed by atoms with Gasteiger partial charge in [-0.25, -0.2) is 0 Å². The van der Waals surface area contributed by atoms with Crippen molar-refractivity contribution >= 4 is 11.4 Å². The Labute approximate surface area is 132 Å². The third kappa shape index (κ3) is 2.69. The van der Waals surface area contributed by atoms with E-state index in [1.165, 1.54) is 42.9 Å². The predicted octanol–water partition coefficient (Wildman–Crippen LogP) is 3.70. The molecule has 1 saturated heterocycles. The van der Waals surface area contributed by atoms with Gasteiger partial charge in [0.1, 0.15) is 6.67 Å². The lowest BCUT2D eigenvalue weighted by atomic mass is 10.0. The number of para-hydroxylation sites is 2. The minimum absolute atomic E-state index is 0.614. The third-order valence-corrected chi connectivity index (χ3v) is 4.74. The molecule has 0 spiro atoms. The molecule has 2 aliphatic rings. The van der Waals surface area contributed by atoms with E-state index in [0.29, 0.717) is 6.04 Å². The average Bonchev–Trinajstić information content (AvgIpc) is 3.01. The van der Waals surface area contributed by atoms with E-state index in [0.717, 1.165) is 6.54 Å². The molecule has 0 amide bonds. The van der Waals surface area contributed by atoms with Gasteiger partial charge < -0.3 is 10.2 Å². The second-order valence-corrected chi connectivity index (χ2v) is 6.19. The van der Waals surface area contributed by atoms with E-state index in [-0.39, 0.29) is 0 Å². The van der Waals surface area contributed by atoms with Gasteiger partial charge in [-0.1, -0.05) is 42.5 Å². The summed E-state index contributed by atoms with van der Waals surface area (Å²) in [6, 6.07) is 20.0. The molecule has 4 rings (SSSR count). The van der Waals surface area contributed by atoms with Crippen molar-refractivity contribution in [1.82, 2.24) is 4.90 Å². The molecule has 2 aliphatic heterocycles. The zero-order valence-electron chi connectivity index (χ0n) is 12.8. The smallest absolute Gasteiger partial charge is 0.139 e. The van der Waals surface area contributed by atoms with Crippen molar-refractivity contribution in [2.24, 2.45) is 0 Å². The highest BCUT2D eigenvalue weighted by molar-refractivity contribution is 5.77. The van der Waals surface area contributed by atoms with Crippen LogP contribution in [0.1, 0.15) is 18.4 Å². The van der Waals surface area contributed by atoms with Crippen molar-refractivity contribution < 1.29 is 0 Å². The van der Waals surface area contributed by atoms with Crippen LogP contribution in [0.25, 0.3) is 0 Å². The Morgan fingerprint density at radius 3 is 2.45 bits per heavy atom. The topological polar surface area (TPSA) is 18.5 Å². The Bertz CT molecular complexity index is 618. The molecule has 0 saturated carbocycles. The molecule has 1 N–H and O–H groups in total. The molecule has 0 aliphatic carbocycles. The predicted molar refractivity (Wildman–Crippen MR) is 91.6 cm³/mol. The fourth-order valence-electron chi connectivity index (χ4n) is 3.53. The number of likely N-dealkylation sites (tertiary alicyclic amines) is 1. The summed E-state index contributed by atoms with van der Waals surface area (Å²) in [5.41, 5.74) is 3.97. The van der Waals surface area contributed by atoms with Crippen LogP contribution in [0.3, 0.4) is 0 Å². The summed E-state index contributed by atoms with van der Waals surface area (Å²) >= 11 is 0. The first-order valence-electron chi connectivity index (χ1n) is 8.14. The molecule has 0 unspecified atom stereocenters. The van der Waals surface area contributed by atoms with E-state index in [1.54, 1.807) is 0 Å². The van der Waals surface area contributed by atoms with Crippen molar-refractivity contribution in [3.05, 3.63) is 66.8 Å². The molecule has 3 heteroatoms. The SMILES string of the molecule is [CH]1Nc2ccccc2N1C1CCN(Cc2ccccc2)CC1. The minimum atomic E-state index is 0.614. The number of piperidine rings is 1. The average molecular weight is 292 g/mol. The van der Waals surface area contributed by atoms with Crippen LogP contribution in [0, 0.1) is 6.67 Å². The van der Waals surface area contributed by atoms with E-state index in [1.807, 2.05) is 0 Å². The number of hydrogen-bond donors (Lipinski definition) is 1. The number of benzene rings is 2. The molecule has 22 heavy (non-hydrogen) atoms. The molecule has 0 aromatic heterocycles. The van der Waals surface area contributed by atoms with Crippen LogP contribution >= 0.6 is 0 Å². The van der Waals surface area contributed by atoms with Gasteiger partial charge in [0.2, 0.25) is 0 Å². The fraction of sp³-hybridized carbons (Fsp3) is 0.316. The largest absolute Gasteiger partial charge is 0.360 e. The van der Waals surface area contributed by atoms with Crippen LogP contribution in [0.5, 0.6) is 0 Å². The quantitative estimate of drug-likeness (QED) is 0.930. The normalized spacial score (nSPS) is 19.0. The third-order valence-electron chi connectivity index (χ3n) is 4.74. The van der Waals surface area contributed by atoms with E-state index < -0.39 is 0 Å². The highest BCUT2D eigenvalue weighted by Crippen LogP contribution is 2.36. The van der Waals surface area contributed by atoms with Crippen LogP contribution in [0.15, 0.2) is 54.6 Å². The highest BCUT2D eigenvalue weighted by Gasteiger charge is 2.29. The summed E-state index contributed by atoms with van der Waals surface area (Å²) in [5.74, 6) is 0. The lowest BCUT2D eigenvalue weighted by molar-refractivity contribution is 0.204. The Hall–Kier alpha value is -2.00. The maximum absolute atomic E-state index is 3.39. The van der Waals surface area contributed by atoms with Gasteiger partial charge in [-0.15, -0.1) is 0 Å². The molecule has 2 heterocycles. The van der Waals surface area contributed by atoms with Gasteiger partial charge in [0.05, 0.1) is 11.4 Å². The van der Waals surface area contributed by atoms with Gasteiger partial charge in [0.25, 0.3) is 0 Å². The van der Waals surface area contributed by atoms with Crippen LogP contribution < -0.4 is 10.2 Å². The first kappa shape index (κ1) is 13.6. The molecule has 0 atom stereocenters. The summed E-state index contributed by atoms with van der Waals surface area (Å²) < 4.78 is 0. The van der Waals surface area contributed by atoms with E-state index in [2.05, 4.69) is 76.4 Å². The van der Waals surface area contributed by atoms with Gasteiger partial charge in [-0.3, -0.25) is 4.90 Å². The molecule has 1 fully saturated rings. The van der Waals surface area contributed by atoms with Crippen molar-refractivity contribution in [1.29, 1.82) is 0 Å². The lowest BCUT2D eigenvalue weighted by Gasteiger charge is -2.37. The van der Waals surface area contributed by atoms with E-state index in [4.69, 9.17) is 0 Å². The Morgan fingerprint density at radius 1 is 0.909 bits per heavy atom. The first-order valence-corrected chi connectivity index (χ1v) is 8.14. The van der Waals surface area contributed by atoms with Gasteiger partial charge >= 0.3 is 0 Å². The minimum Gasteiger partial charge on any atom is -0.360 e. The van der Waals surface area contributed by atoms with Crippen LogP contribution in [-0.2, 0) is 6.54 Å². The van der Waals surface area contributed by atoms with Crippen molar-refractivity contribution in [2.45, 2.75) is 25.4 Å². The van der Waals surface area contributed by atoms with Gasteiger partial charge in [0, 0.05) is 25.7 Å². The van der Waals surface area contributed by atoms with Crippen molar-refractivity contribution in [2.75, 3.05) is 23.3 Å². The molecule has 113 valence electrons. The second kappa shape index (κ2) is 6.01. The number of rotatable bonds is 3. The number of nitrogens with one attached hydrogen (secondary N) is 1. The molecule has 0 bridgehead atoms. The summed E-state index contributed by atoms with van der Waals surface area (Å²) in [5, 5.41) is 3.39. The standard InChI is InChI=1S/C19H22N3/c1-2-6-16(7-3-1)14-21-12-10-17(11-13-21)22-15-20-18-8-4-5-9-19(18)22/h1-9,15,17,20H,10-14H2. The number of fused-ring (bicyclic) bond motifs is 1. The number of hydrogen-bond acceptors (Lipinski definition) is 3. The first-order chi connectivity index (χ1) is 10.9. The molecular weight excluding hydrogens is 270 g/mol. The van der Waals surface area contributed by atoms with Crippen LogP contribution in [0.2, 0.25) is 0 Å². The van der Waals surface area contributed by atoms with Gasteiger partial charge in [-0.05, 0) is 30.5 Å². The molecule has 2 aromatic rings. The molecule has 2 aromatic carbocycles. The maximum Gasteiger partial charge on any atom is 0.139 e. The Balaban J connectivity index is 1.37. The molecule has 1 radical (unpaired) electrons. The fourth-order valence-corrected chi connectivity index (χ4v) is 3.53. The monoisotopic (exact) mass is 292 g/mol. The van der Waals surface area contributed by atoms with Gasteiger partial charge in [-0.2, -0.15) is 0 Å². The Morgan fingerprint density at radius 2 is 1.64 bits per heavy atom. The number of nitrogens with zero attached hydrogens (tertiary/aromatic N) is 2. The van der Waals surface area contributed by atoms with Crippen LogP contribution in [-0.4, -0.2) is 24.0 Å². The summed E-state index contributed by atoms with van der Waals surface area (Å²) in [6.07, 6.45) is 2.44. The number of anilines is 2. The van der Waals surface area contributed by atoms with Crippen molar-refractivity contribution in [3.63, 3.8) is 0 Å². The van der Waals surface area contributed by atoms with Crippen LogP contribution in [0.4, 0.5) is 11.4 Å². The zero-order valence-corrected chi connectivity index (χ0v) is 12.8. The summed E-state index contributed by atoms with van der Waals surface area (Å²) in [4.78, 5) is 5.00. The molecular formula is C19H22N3. The zero-order chi connectivity index (χ0) is 14.8. The van der Waals surface area contributed by atoms with E-state index >= 15 is 0 Å². The van der Waals surface area contributed by atoms with Gasteiger partial charge in [0.15, 0.2) is 0 Å². The Kier molecular flexibility index (Phi) is 3.73. The molecule has 3 nitrogen and oxygen atoms in total. The lowest BCUT2D eigenvalue weighted by Crippen LogP contribution is -2.43. The maximum atomic E-state index is 3.39. The summed E-state index contributed by atoms with van der Waals surface area (Å²) in [7, 11) is 0. The summed E-state index contributed by atoms with van der Waals surface area (Å²) in [6.45, 7) is 5.56. The highest BCUT2D eigenvalue weighted by atomic mass is 15.3. The van der Waals surface area contributed by atoms with E-state index in [9.17, 15) is 0 Å². The van der Waals surface area contributed by atoms with Crippen molar-refractivity contribution in [3.8, 4) is 0 Å². The second-order valence-electron chi connectivity index (χ2n) is 6.19.